The second-order valence-electron chi connectivity index (χ2n) is 6.15. The first kappa shape index (κ1) is 20.3. The maximum atomic E-state index is 12.4. The zero-order valence-corrected chi connectivity index (χ0v) is 16.5. The quantitative estimate of drug-likeness (QED) is 0.746. The summed E-state index contributed by atoms with van der Waals surface area (Å²) in [5.74, 6) is 0.203. The zero-order chi connectivity index (χ0) is 20.1. The molecule has 27 heavy (non-hydrogen) atoms. The molecule has 1 atom stereocenters. The molecule has 2 aromatic rings. The molecule has 1 amide bonds. The molecule has 0 unspecified atom stereocenters. The van der Waals surface area contributed by atoms with E-state index in [0.29, 0.717) is 28.4 Å². The van der Waals surface area contributed by atoms with Gasteiger partial charge in [0.15, 0.2) is 6.10 Å². The van der Waals surface area contributed by atoms with Gasteiger partial charge in [-0.3, -0.25) is 14.3 Å². The smallest absolute Gasteiger partial charge is 0.311 e. The molecule has 0 saturated heterocycles. The molecule has 0 radical (unpaired) electrons. The summed E-state index contributed by atoms with van der Waals surface area (Å²) in [6.45, 7) is 5.18. The van der Waals surface area contributed by atoms with Gasteiger partial charge in [-0.05, 0) is 26.8 Å². The number of aryl methyl sites for hydroxylation is 2. The number of ether oxygens (including phenoxy) is 3. The van der Waals surface area contributed by atoms with Crippen LogP contribution in [-0.2, 0) is 27.8 Å². The number of nitrogens with zero attached hydrogens (tertiary/aromatic N) is 2. The Morgan fingerprint density at radius 3 is 2.48 bits per heavy atom. The third-order valence-corrected chi connectivity index (χ3v) is 4.26. The maximum Gasteiger partial charge on any atom is 0.311 e. The Morgan fingerprint density at radius 1 is 1.22 bits per heavy atom. The molecule has 1 N–H and O–H groups in total. The summed E-state index contributed by atoms with van der Waals surface area (Å²) in [6, 6.07) is 5.15. The van der Waals surface area contributed by atoms with Crippen LogP contribution in [0.3, 0.4) is 0 Å². The predicted octanol–water partition coefficient (Wildman–Crippen LogP) is 2.17. The lowest BCUT2D eigenvalue weighted by Crippen LogP contribution is -2.30. The summed E-state index contributed by atoms with van der Waals surface area (Å²) < 4.78 is 17.4. The first-order valence-electron chi connectivity index (χ1n) is 8.48. The maximum absolute atomic E-state index is 12.4. The van der Waals surface area contributed by atoms with Crippen molar-refractivity contribution in [1.82, 2.24) is 9.78 Å². The minimum absolute atomic E-state index is 0.0181. The number of carbonyl (C=O) groups is 2. The van der Waals surface area contributed by atoms with Gasteiger partial charge in [-0.15, -0.1) is 0 Å². The van der Waals surface area contributed by atoms with Crippen LogP contribution in [0.5, 0.6) is 11.5 Å². The van der Waals surface area contributed by atoms with E-state index in [1.54, 1.807) is 44.0 Å². The van der Waals surface area contributed by atoms with E-state index >= 15 is 0 Å². The van der Waals surface area contributed by atoms with Crippen molar-refractivity contribution in [2.45, 2.75) is 33.3 Å². The van der Waals surface area contributed by atoms with Crippen LogP contribution in [0.25, 0.3) is 0 Å². The van der Waals surface area contributed by atoms with Crippen LogP contribution >= 0.6 is 0 Å². The normalized spacial score (nSPS) is 11.6. The number of nitrogens with one attached hydrogen (secondary N) is 1. The summed E-state index contributed by atoms with van der Waals surface area (Å²) >= 11 is 0. The van der Waals surface area contributed by atoms with E-state index in [4.69, 9.17) is 14.2 Å². The molecule has 8 nitrogen and oxygen atoms in total. The standard InChI is InChI=1S/C19H25N3O5/c1-11-18(12(2)22(4)21-11)20-19(24)13(3)27-17(23)9-14-7-8-15(25-5)10-16(14)26-6/h7-8,10,13H,9H2,1-6H3,(H,20,24)/t13-/m1/s1. The summed E-state index contributed by atoms with van der Waals surface area (Å²) in [5, 5.41) is 7.01. The zero-order valence-electron chi connectivity index (χ0n) is 16.5. The van der Waals surface area contributed by atoms with E-state index in [2.05, 4.69) is 10.4 Å². The Kier molecular flexibility index (Phi) is 6.44. The number of rotatable bonds is 7. The molecule has 1 aromatic carbocycles. The number of methoxy groups -OCH3 is 2. The molecule has 0 bridgehead atoms. The molecule has 0 saturated carbocycles. The first-order chi connectivity index (χ1) is 12.8. The third-order valence-electron chi connectivity index (χ3n) is 4.26. The van der Waals surface area contributed by atoms with Crippen LogP contribution in [0.2, 0.25) is 0 Å². The average Bonchev–Trinajstić information content (AvgIpc) is 2.87. The molecule has 8 heteroatoms. The largest absolute Gasteiger partial charge is 0.497 e. The molecule has 2 rings (SSSR count). The van der Waals surface area contributed by atoms with Gasteiger partial charge >= 0.3 is 5.97 Å². The van der Waals surface area contributed by atoms with Crippen molar-refractivity contribution in [3.05, 3.63) is 35.2 Å². The van der Waals surface area contributed by atoms with E-state index in [1.165, 1.54) is 14.0 Å². The van der Waals surface area contributed by atoms with E-state index in [0.717, 1.165) is 5.69 Å². The minimum atomic E-state index is -0.944. The van der Waals surface area contributed by atoms with Gasteiger partial charge in [-0.2, -0.15) is 5.10 Å². The topological polar surface area (TPSA) is 91.7 Å². The van der Waals surface area contributed by atoms with E-state index in [-0.39, 0.29) is 6.42 Å². The molecule has 0 fully saturated rings. The van der Waals surface area contributed by atoms with Crippen LogP contribution in [0.4, 0.5) is 5.69 Å². The Hall–Kier alpha value is -3.03. The highest BCUT2D eigenvalue weighted by molar-refractivity contribution is 5.96. The fourth-order valence-corrected chi connectivity index (χ4v) is 2.63. The van der Waals surface area contributed by atoms with Gasteiger partial charge in [0, 0.05) is 18.7 Å². The van der Waals surface area contributed by atoms with Crippen molar-refractivity contribution < 1.29 is 23.8 Å². The summed E-state index contributed by atoms with van der Waals surface area (Å²) in [5.41, 5.74) is 2.80. The number of anilines is 1. The Labute approximate surface area is 158 Å². The van der Waals surface area contributed by atoms with Crippen LogP contribution < -0.4 is 14.8 Å². The number of esters is 1. The van der Waals surface area contributed by atoms with Gasteiger partial charge in [0.2, 0.25) is 0 Å². The second-order valence-corrected chi connectivity index (χ2v) is 6.15. The summed E-state index contributed by atoms with van der Waals surface area (Å²) in [7, 11) is 4.86. The van der Waals surface area contributed by atoms with E-state index < -0.39 is 18.0 Å². The number of hydrogen-bond donors (Lipinski definition) is 1. The van der Waals surface area contributed by atoms with Crippen molar-refractivity contribution in [1.29, 1.82) is 0 Å². The van der Waals surface area contributed by atoms with Crippen molar-refractivity contribution in [2.24, 2.45) is 7.05 Å². The Balaban J connectivity index is 2.00. The Bertz CT molecular complexity index is 844. The summed E-state index contributed by atoms with van der Waals surface area (Å²) in [6.07, 6.45) is -0.962. The minimum Gasteiger partial charge on any atom is -0.497 e. The van der Waals surface area contributed by atoms with Crippen LogP contribution in [-0.4, -0.2) is 42.0 Å². The van der Waals surface area contributed by atoms with Gasteiger partial charge in [0.25, 0.3) is 5.91 Å². The van der Waals surface area contributed by atoms with Gasteiger partial charge in [-0.25, -0.2) is 0 Å². The second kappa shape index (κ2) is 8.57. The molecule has 1 aromatic heterocycles. The summed E-state index contributed by atoms with van der Waals surface area (Å²) in [4.78, 5) is 24.6. The fraction of sp³-hybridized carbons (Fsp3) is 0.421. The highest BCUT2D eigenvalue weighted by atomic mass is 16.5. The number of aromatic nitrogens is 2. The lowest BCUT2D eigenvalue weighted by molar-refractivity contribution is -0.152. The SMILES string of the molecule is COc1ccc(CC(=O)O[C@H](C)C(=O)Nc2c(C)nn(C)c2C)c(OC)c1. The number of amides is 1. The molecule has 0 aliphatic rings. The fourth-order valence-electron chi connectivity index (χ4n) is 2.63. The van der Waals surface area contributed by atoms with Gasteiger partial charge in [0.1, 0.15) is 11.5 Å². The lowest BCUT2D eigenvalue weighted by Gasteiger charge is -2.15. The van der Waals surface area contributed by atoms with Crippen LogP contribution in [0.15, 0.2) is 18.2 Å². The third kappa shape index (κ3) is 4.78. The Morgan fingerprint density at radius 2 is 1.93 bits per heavy atom. The van der Waals surface area contributed by atoms with Crippen molar-refractivity contribution >= 4 is 17.6 Å². The molecule has 146 valence electrons. The van der Waals surface area contributed by atoms with E-state index in [1.807, 2.05) is 6.92 Å². The van der Waals surface area contributed by atoms with Gasteiger partial charge in [-0.1, -0.05) is 6.07 Å². The highest BCUT2D eigenvalue weighted by Gasteiger charge is 2.21. The van der Waals surface area contributed by atoms with Crippen molar-refractivity contribution in [2.75, 3.05) is 19.5 Å². The predicted molar refractivity (Wildman–Crippen MR) is 100 cm³/mol. The molecular weight excluding hydrogens is 350 g/mol. The average molecular weight is 375 g/mol. The highest BCUT2D eigenvalue weighted by Crippen LogP contribution is 2.25. The first-order valence-corrected chi connectivity index (χ1v) is 8.48. The number of carbonyl (C=O) groups excluding carboxylic acids is 2. The lowest BCUT2D eigenvalue weighted by atomic mass is 10.1. The number of benzene rings is 1. The van der Waals surface area contributed by atoms with Crippen LogP contribution in [0.1, 0.15) is 23.9 Å². The van der Waals surface area contributed by atoms with Crippen LogP contribution in [0, 0.1) is 13.8 Å². The molecule has 0 aliphatic carbocycles. The van der Waals surface area contributed by atoms with E-state index in [9.17, 15) is 9.59 Å². The molecular formula is C19H25N3O5. The molecule has 1 heterocycles. The van der Waals surface area contributed by atoms with Gasteiger partial charge < -0.3 is 19.5 Å². The van der Waals surface area contributed by atoms with Crippen molar-refractivity contribution in [3.8, 4) is 11.5 Å². The van der Waals surface area contributed by atoms with Gasteiger partial charge in [0.05, 0.1) is 37.7 Å². The molecule has 0 spiro atoms. The van der Waals surface area contributed by atoms with Crippen molar-refractivity contribution in [3.63, 3.8) is 0 Å². The number of hydrogen-bond acceptors (Lipinski definition) is 6. The molecule has 0 aliphatic heterocycles. The monoisotopic (exact) mass is 375 g/mol.